The van der Waals surface area contributed by atoms with E-state index in [-0.39, 0.29) is 34.3 Å². The smallest absolute Gasteiger partial charge is 0.339 e. The summed E-state index contributed by atoms with van der Waals surface area (Å²) in [6.45, 7) is 0.574. The monoisotopic (exact) mass is 516 g/mol. The number of nitrogens with one attached hydrogen (secondary N) is 1. The van der Waals surface area contributed by atoms with Crippen molar-refractivity contribution in [1.82, 2.24) is 4.31 Å². The molecule has 0 saturated carbocycles. The second kappa shape index (κ2) is 9.88. The summed E-state index contributed by atoms with van der Waals surface area (Å²) < 4.78 is 37.6. The minimum atomic E-state index is -3.75. The van der Waals surface area contributed by atoms with Gasteiger partial charge in [-0.05, 0) is 46.3 Å². The number of carbonyl (C=O) groups is 2. The van der Waals surface area contributed by atoms with Crippen LogP contribution in [0.5, 0.6) is 0 Å². The molecular weight excluding hydrogens is 500 g/mol. The lowest BCUT2D eigenvalue weighted by molar-refractivity contribution is -0.119. The minimum Gasteiger partial charge on any atom is -0.452 e. The number of sulfonamides is 1. The number of halogens is 2. The number of rotatable bonds is 6. The van der Waals surface area contributed by atoms with Gasteiger partial charge in [0.25, 0.3) is 5.91 Å². The first kappa shape index (κ1) is 22.7. The Bertz CT molecular complexity index is 1060. The molecule has 0 bridgehead atoms. The molecule has 8 nitrogen and oxygen atoms in total. The molecule has 2 aromatic rings. The molecule has 11 heteroatoms. The van der Waals surface area contributed by atoms with Crippen LogP contribution in [0.4, 0.5) is 5.69 Å². The Kier molecular flexibility index (Phi) is 7.48. The molecule has 30 heavy (non-hydrogen) atoms. The van der Waals surface area contributed by atoms with Crippen molar-refractivity contribution in [2.45, 2.75) is 4.90 Å². The van der Waals surface area contributed by atoms with E-state index in [0.717, 1.165) is 0 Å². The predicted octanol–water partition coefficient (Wildman–Crippen LogP) is 2.92. The van der Waals surface area contributed by atoms with Crippen LogP contribution < -0.4 is 5.32 Å². The van der Waals surface area contributed by atoms with E-state index in [1.54, 1.807) is 24.3 Å². The molecule has 1 aliphatic heterocycles. The molecule has 1 saturated heterocycles. The van der Waals surface area contributed by atoms with Crippen LogP contribution in [-0.4, -0.2) is 57.5 Å². The van der Waals surface area contributed by atoms with Gasteiger partial charge in [-0.2, -0.15) is 4.31 Å². The first-order valence-electron chi connectivity index (χ1n) is 8.88. The average Bonchev–Trinajstić information content (AvgIpc) is 2.74. The molecule has 0 aromatic heterocycles. The van der Waals surface area contributed by atoms with Crippen molar-refractivity contribution < 1.29 is 27.5 Å². The fraction of sp³-hybridized carbons (Fsp3) is 0.263. The van der Waals surface area contributed by atoms with Gasteiger partial charge in [0.05, 0.1) is 34.4 Å². The largest absolute Gasteiger partial charge is 0.452 e. The number of hydrogen-bond donors (Lipinski definition) is 1. The molecular formula is C19H18BrClN2O6S. The van der Waals surface area contributed by atoms with Gasteiger partial charge in [-0.25, -0.2) is 13.2 Å². The van der Waals surface area contributed by atoms with Crippen LogP contribution in [0.3, 0.4) is 0 Å². The fourth-order valence-corrected chi connectivity index (χ4v) is 4.76. The van der Waals surface area contributed by atoms with Crippen molar-refractivity contribution in [3.05, 3.63) is 57.5 Å². The average molecular weight is 518 g/mol. The van der Waals surface area contributed by atoms with Gasteiger partial charge in [0.15, 0.2) is 6.61 Å². The molecule has 1 heterocycles. The molecule has 0 atom stereocenters. The van der Waals surface area contributed by atoms with Crippen molar-refractivity contribution >= 4 is 55.1 Å². The molecule has 0 radical (unpaired) electrons. The molecule has 1 aliphatic rings. The Hall–Kier alpha value is -1.98. The van der Waals surface area contributed by atoms with E-state index < -0.39 is 28.5 Å². The number of nitrogens with zero attached hydrogens (tertiary/aromatic N) is 1. The standard InChI is InChI=1S/C19H18BrClN2O6S/c20-15-4-2-1-3-14(15)19(25)29-12-18(24)22-17-11-13(5-6-16(17)21)30(26,27)23-7-9-28-10-8-23/h1-6,11H,7-10,12H2,(H,22,24). The van der Waals surface area contributed by atoms with Crippen molar-refractivity contribution in [3.8, 4) is 0 Å². The third-order valence-electron chi connectivity index (χ3n) is 4.25. The van der Waals surface area contributed by atoms with Crippen molar-refractivity contribution in [2.75, 3.05) is 38.2 Å². The van der Waals surface area contributed by atoms with Crippen LogP contribution in [0.15, 0.2) is 51.8 Å². The first-order valence-corrected chi connectivity index (χ1v) is 11.5. The SMILES string of the molecule is O=C(COC(=O)c1ccccc1Br)Nc1cc(S(=O)(=O)N2CCOCC2)ccc1Cl. The quantitative estimate of drug-likeness (QED) is 0.591. The normalized spacial score (nSPS) is 14.9. The maximum Gasteiger partial charge on any atom is 0.339 e. The van der Waals surface area contributed by atoms with Crippen LogP contribution in [0, 0.1) is 0 Å². The van der Waals surface area contributed by atoms with Gasteiger partial charge in [0.1, 0.15) is 0 Å². The maximum absolute atomic E-state index is 12.8. The Labute approximate surface area is 187 Å². The van der Waals surface area contributed by atoms with Gasteiger partial charge in [-0.3, -0.25) is 4.79 Å². The zero-order chi connectivity index (χ0) is 21.7. The lowest BCUT2D eigenvalue weighted by atomic mass is 10.2. The third-order valence-corrected chi connectivity index (χ3v) is 7.16. The van der Waals surface area contributed by atoms with Gasteiger partial charge in [-0.15, -0.1) is 0 Å². The minimum absolute atomic E-state index is 0.00527. The summed E-state index contributed by atoms with van der Waals surface area (Å²) in [5.74, 6) is -1.33. The Morgan fingerprint density at radius 1 is 1.17 bits per heavy atom. The number of amides is 1. The maximum atomic E-state index is 12.8. The summed E-state index contributed by atoms with van der Waals surface area (Å²) in [7, 11) is -3.75. The predicted molar refractivity (Wildman–Crippen MR) is 114 cm³/mol. The van der Waals surface area contributed by atoms with Crippen molar-refractivity contribution in [3.63, 3.8) is 0 Å². The number of anilines is 1. The molecule has 1 N–H and O–H groups in total. The highest BCUT2D eigenvalue weighted by Gasteiger charge is 2.27. The topological polar surface area (TPSA) is 102 Å². The zero-order valence-corrected chi connectivity index (χ0v) is 18.8. The zero-order valence-electron chi connectivity index (χ0n) is 15.6. The molecule has 160 valence electrons. The van der Waals surface area contributed by atoms with E-state index in [4.69, 9.17) is 21.1 Å². The second-order valence-corrected chi connectivity index (χ2v) is 9.46. The number of morpholine rings is 1. The van der Waals surface area contributed by atoms with Gasteiger partial charge < -0.3 is 14.8 Å². The van der Waals surface area contributed by atoms with Crippen LogP contribution in [0.25, 0.3) is 0 Å². The highest BCUT2D eigenvalue weighted by atomic mass is 79.9. The summed E-state index contributed by atoms with van der Waals surface area (Å²) in [6.07, 6.45) is 0. The molecule has 3 rings (SSSR count). The molecule has 0 aliphatic carbocycles. The third kappa shape index (κ3) is 5.38. The van der Waals surface area contributed by atoms with E-state index in [0.29, 0.717) is 17.7 Å². The summed E-state index contributed by atoms with van der Waals surface area (Å²) in [5, 5.41) is 2.63. The lowest BCUT2D eigenvalue weighted by Gasteiger charge is -2.26. The van der Waals surface area contributed by atoms with Gasteiger partial charge in [-0.1, -0.05) is 23.7 Å². The van der Waals surface area contributed by atoms with Crippen LogP contribution >= 0.6 is 27.5 Å². The summed E-state index contributed by atoms with van der Waals surface area (Å²) in [6, 6.07) is 10.7. The van der Waals surface area contributed by atoms with Gasteiger partial charge in [0, 0.05) is 17.6 Å². The summed E-state index contributed by atoms with van der Waals surface area (Å²) in [4.78, 5) is 24.3. The second-order valence-electron chi connectivity index (χ2n) is 6.26. The van der Waals surface area contributed by atoms with Gasteiger partial charge in [0.2, 0.25) is 10.0 Å². The van der Waals surface area contributed by atoms with E-state index in [9.17, 15) is 18.0 Å². The summed E-state index contributed by atoms with van der Waals surface area (Å²) in [5.41, 5.74) is 0.384. The summed E-state index contributed by atoms with van der Waals surface area (Å²) >= 11 is 9.34. The Morgan fingerprint density at radius 2 is 1.87 bits per heavy atom. The molecule has 2 aromatic carbocycles. The Morgan fingerprint density at radius 3 is 2.57 bits per heavy atom. The number of esters is 1. The fourth-order valence-electron chi connectivity index (χ4n) is 2.72. The highest BCUT2D eigenvalue weighted by molar-refractivity contribution is 9.10. The first-order chi connectivity index (χ1) is 14.3. The van der Waals surface area contributed by atoms with Crippen LogP contribution in [0.2, 0.25) is 5.02 Å². The number of benzene rings is 2. The number of ether oxygens (including phenoxy) is 2. The van der Waals surface area contributed by atoms with Crippen LogP contribution in [-0.2, 0) is 24.3 Å². The molecule has 0 spiro atoms. The van der Waals surface area contributed by atoms with E-state index in [2.05, 4.69) is 21.2 Å². The molecule has 1 amide bonds. The molecule has 0 unspecified atom stereocenters. The highest BCUT2D eigenvalue weighted by Crippen LogP contribution is 2.27. The number of hydrogen-bond acceptors (Lipinski definition) is 6. The van der Waals surface area contributed by atoms with E-state index in [1.165, 1.54) is 22.5 Å². The number of carbonyl (C=O) groups excluding carboxylic acids is 2. The van der Waals surface area contributed by atoms with E-state index in [1.807, 2.05) is 0 Å². The van der Waals surface area contributed by atoms with E-state index >= 15 is 0 Å². The van der Waals surface area contributed by atoms with Crippen molar-refractivity contribution in [2.24, 2.45) is 0 Å². The lowest BCUT2D eigenvalue weighted by Crippen LogP contribution is -2.40. The molecule has 1 fully saturated rings. The van der Waals surface area contributed by atoms with Gasteiger partial charge >= 0.3 is 5.97 Å². The Balaban J connectivity index is 1.67. The van der Waals surface area contributed by atoms with Crippen LogP contribution in [0.1, 0.15) is 10.4 Å². The van der Waals surface area contributed by atoms with Crippen molar-refractivity contribution in [1.29, 1.82) is 0 Å².